The van der Waals surface area contributed by atoms with Crippen molar-refractivity contribution in [3.05, 3.63) is 83.1 Å². The van der Waals surface area contributed by atoms with Gasteiger partial charge in [-0.05, 0) is 35.9 Å². The van der Waals surface area contributed by atoms with E-state index in [9.17, 15) is 17.6 Å². The fourth-order valence-electron chi connectivity index (χ4n) is 3.08. The van der Waals surface area contributed by atoms with Crippen LogP contribution in [-0.2, 0) is 21.4 Å². The normalized spacial score (nSPS) is 11.0. The Morgan fingerprint density at radius 2 is 1.67 bits per heavy atom. The predicted molar refractivity (Wildman–Crippen MR) is 124 cm³/mol. The van der Waals surface area contributed by atoms with E-state index in [1.54, 1.807) is 24.3 Å². The SMILES string of the molecule is COc1ccc(S(=O)(=O)N(CC(=O)NCc2ccccc2Cl)c2ccccc2F)cc1OC. The number of rotatable bonds is 9. The molecule has 0 aliphatic rings. The van der Waals surface area contributed by atoms with Crippen LogP contribution in [0.15, 0.2) is 71.6 Å². The van der Waals surface area contributed by atoms with Crippen LogP contribution in [0.2, 0.25) is 5.02 Å². The van der Waals surface area contributed by atoms with Crippen LogP contribution in [-0.4, -0.2) is 35.1 Å². The molecule has 0 fully saturated rings. The van der Waals surface area contributed by atoms with Crippen molar-refractivity contribution < 1.29 is 27.1 Å². The highest BCUT2D eigenvalue weighted by Crippen LogP contribution is 2.32. The summed E-state index contributed by atoms with van der Waals surface area (Å²) in [6.07, 6.45) is 0. The molecule has 3 aromatic carbocycles. The topological polar surface area (TPSA) is 84.9 Å². The van der Waals surface area contributed by atoms with Crippen LogP contribution in [0.25, 0.3) is 0 Å². The number of carbonyl (C=O) groups excluding carboxylic acids is 1. The van der Waals surface area contributed by atoms with Crippen LogP contribution < -0.4 is 19.1 Å². The molecule has 0 saturated carbocycles. The lowest BCUT2D eigenvalue weighted by Crippen LogP contribution is -2.41. The van der Waals surface area contributed by atoms with Gasteiger partial charge in [0, 0.05) is 17.6 Å². The minimum absolute atomic E-state index is 0.0834. The van der Waals surface area contributed by atoms with Gasteiger partial charge in [-0.15, -0.1) is 0 Å². The maximum absolute atomic E-state index is 14.6. The zero-order chi connectivity index (χ0) is 24.0. The number of anilines is 1. The summed E-state index contributed by atoms with van der Waals surface area (Å²) < 4.78 is 52.6. The number of benzene rings is 3. The summed E-state index contributed by atoms with van der Waals surface area (Å²) in [6, 6.07) is 16.2. The minimum atomic E-state index is -4.35. The number of ether oxygens (including phenoxy) is 2. The van der Waals surface area contributed by atoms with E-state index in [1.165, 1.54) is 50.6 Å². The standard InChI is InChI=1S/C23H22ClFN2O5S/c1-31-21-12-11-17(13-22(21)32-2)33(29,30)27(20-10-6-5-9-19(20)25)15-23(28)26-14-16-7-3-4-8-18(16)24/h3-13H,14-15H2,1-2H3,(H,26,28). The summed E-state index contributed by atoms with van der Waals surface area (Å²) in [5.41, 5.74) is 0.396. The predicted octanol–water partition coefficient (Wildman–Crippen LogP) is 4.01. The molecule has 0 aliphatic heterocycles. The van der Waals surface area contributed by atoms with Crippen molar-refractivity contribution in [2.45, 2.75) is 11.4 Å². The van der Waals surface area contributed by atoms with Gasteiger partial charge in [-0.1, -0.05) is 41.9 Å². The first-order valence-electron chi connectivity index (χ1n) is 9.77. The number of halogens is 2. The molecule has 33 heavy (non-hydrogen) atoms. The Morgan fingerprint density at radius 3 is 2.33 bits per heavy atom. The molecule has 0 aliphatic carbocycles. The lowest BCUT2D eigenvalue weighted by Gasteiger charge is -2.25. The van der Waals surface area contributed by atoms with Gasteiger partial charge in [0.1, 0.15) is 12.4 Å². The van der Waals surface area contributed by atoms with Crippen molar-refractivity contribution in [3.8, 4) is 11.5 Å². The van der Waals surface area contributed by atoms with Crippen LogP contribution in [0, 0.1) is 5.82 Å². The van der Waals surface area contributed by atoms with E-state index in [0.717, 1.165) is 6.07 Å². The molecule has 3 rings (SSSR count). The van der Waals surface area contributed by atoms with Gasteiger partial charge < -0.3 is 14.8 Å². The molecule has 0 saturated heterocycles. The molecule has 0 radical (unpaired) electrons. The number of nitrogens with one attached hydrogen (secondary N) is 1. The molecule has 0 spiro atoms. The first kappa shape index (κ1) is 24.3. The molecule has 10 heteroatoms. The van der Waals surface area contributed by atoms with Gasteiger partial charge in [-0.2, -0.15) is 0 Å². The molecule has 0 bridgehead atoms. The highest BCUT2D eigenvalue weighted by molar-refractivity contribution is 7.92. The van der Waals surface area contributed by atoms with Gasteiger partial charge in [0.15, 0.2) is 11.5 Å². The van der Waals surface area contributed by atoms with Gasteiger partial charge in [0.25, 0.3) is 10.0 Å². The van der Waals surface area contributed by atoms with Gasteiger partial charge in [0.2, 0.25) is 5.91 Å². The first-order chi connectivity index (χ1) is 15.8. The molecule has 0 atom stereocenters. The number of methoxy groups -OCH3 is 2. The zero-order valence-electron chi connectivity index (χ0n) is 17.9. The Bertz CT molecular complexity index is 1250. The van der Waals surface area contributed by atoms with E-state index in [1.807, 2.05) is 0 Å². The second-order valence-corrected chi connectivity index (χ2v) is 9.12. The van der Waals surface area contributed by atoms with E-state index in [0.29, 0.717) is 20.6 Å². The zero-order valence-corrected chi connectivity index (χ0v) is 19.5. The number of nitrogens with zero attached hydrogens (tertiary/aromatic N) is 1. The smallest absolute Gasteiger partial charge is 0.265 e. The fourth-order valence-corrected chi connectivity index (χ4v) is 4.73. The van der Waals surface area contributed by atoms with E-state index in [2.05, 4.69) is 5.32 Å². The van der Waals surface area contributed by atoms with Gasteiger partial charge in [0.05, 0.1) is 24.8 Å². The number of hydrogen-bond acceptors (Lipinski definition) is 5. The van der Waals surface area contributed by atoms with Crippen molar-refractivity contribution in [3.63, 3.8) is 0 Å². The molecular formula is C23H22ClFN2O5S. The number of para-hydroxylation sites is 1. The van der Waals surface area contributed by atoms with E-state index >= 15 is 0 Å². The van der Waals surface area contributed by atoms with Crippen molar-refractivity contribution >= 4 is 33.2 Å². The Balaban J connectivity index is 1.94. The molecule has 0 unspecified atom stereocenters. The second kappa shape index (κ2) is 10.5. The Hall–Kier alpha value is -3.30. The van der Waals surface area contributed by atoms with E-state index in [4.69, 9.17) is 21.1 Å². The second-order valence-electron chi connectivity index (χ2n) is 6.85. The van der Waals surface area contributed by atoms with Crippen LogP contribution >= 0.6 is 11.6 Å². The van der Waals surface area contributed by atoms with E-state index in [-0.39, 0.29) is 22.9 Å². The van der Waals surface area contributed by atoms with Crippen LogP contribution in [0.5, 0.6) is 11.5 Å². The number of carbonyl (C=O) groups is 1. The lowest BCUT2D eigenvalue weighted by atomic mass is 10.2. The third kappa shape index (κ3) is 5.55. The minimum Gasteiger partial charge on any atom is -0.493 e. The van der Waals surface area contributed by atoms with Crippen LogP contribution in [0.1, 0.15) is 5.56 Å². The fraction of sp³-hybridized carbons (Fsp3) is 0.174. The highest BCUT2D eigenvalue weighted by atomic mass is 35.5. The molecule has 7 nitrogen and oxygen atoms in total. The Morgan fingerprint density at radius 1 is 1.00 bits per heavy atom. The Kier molecular flexibility index (Phi) is 7.78. The van der Waals surface area contributed by atoms with Gasteiger partial charge >= 0.3 is 0 Å². The van der Waals surface area contributed by atoms with Gasteiger partial charge in [-0.25, -0.2) is 12.8 Å². The quantitative estimate of drug-likeness (QED) is 0.488. The summed E-state index contributed by atoms with van der Waals surface area (Å²) in [5.74, 6) is -0.927. The van der Waals surface area contributed by atoms with Crippen molar-refractivity contribution in [1.29, 1.82) is 0 Å². The van der Waals surface area contributed by atoms with Crippen LogP contribution in [0.4, 0.5) is 10.1 Å². The molecule has 1 amide bonds. The summed E-state index contributed by atoms with van der Waals surface area (Å²) in [6.45, 7) is -0.567. The molecule has 174 valence electrons. The maximum Gasteiger partial charge on any atom is 0.265 e. The van der Waals surface area contributed by atoms with Crippen molar-refractivity contribution in [1.82, 2.24) is 5.32 Å². The summed E-state index contributed by atoms with van der Waals surface area (Å²) in [7, 11) is -1.57. The molecule has 1 N–H and O–H groups in total. The average Bonchev–Trinajstić information content (AvgIpc) is 2.82. The third-order valence-corrected chi connectivity index (χ3v) is 6.91. The summed E-state index contributed by atoms with van der Waals surface area (Å²) >= 11 is 6.11. The maximum atomic E-state index is 14.6. The highest BCUT2D eigenvalue weighted by Gasteiger charge is 2.30. The van der Waals surface area contributed by atoms with Crippen LogP contribution in [0.3, 0.4) is 0 Å². The molecule has 0 aromatic heterocycles. The first-order valence-corrected chi connectivity index (χ1v) is 11.6. The van der Waals surface area contributed by atoms with Crippen molar-refractivity contribution in [2.75, 3.05) is 25.1 Å². The monoisotopic (exact) mass is 492 g/mol. The third-order valence-electron chi connectivity index (χ3n) is 4.79. The lowest BCUT2D eigenvalue weighted by molar-refractivity contribution is -0.119. The summed E-state index contributed by atoms with van der Waals surface area (Å²) in [5, 5.41) is 3.09. The van der Waals surface area contributed by atoms with E-state index < -0.39 is 28.3 Å². The van der Waals surface area contributed by atoms with Crippen molar-refractivity contribution in [2.24, 2.45) is 0 Å². The number of hydrogen-bond donors (Lipinski definition) is 1. The molecule has 0 heterocycles. The number of amides is 1. The number of sulfonamides is 1. The molecular weight excluding hydrogens is 471 g/mol. The Labute approximate surface area is 196 Å². The van der Waals surface area contributed by atoms with Gasteiger partial charge in [-0.3, -0.25) is 9.10 Å². The molecule has 3 aromatic rings. The largest absolute Gasteiger partial charge is 0.493 e. The average molecular weight is 493 g/mol. The summed E-state index contributed by atoms with van der Waals surface area (Å²) in [4.78, 5) is 12.5.